The van der Waals surface area contributed by atoms with E-state index < -0.39 is 0 Å². The van der Waals surface area contributed by atoms with Gasteiger partial charge in [0, 0.05) is 13.2 Å². The van der Waals surface area contributed by atoms with Crippen LogP contribution in [0.5, 0.6) is 0 Å². The largest absolute Gasteiger partial charge is 0.382 e. The Morgan fingerprint density at radius 1 is 0.652 bits per heavy atom. The quantitative estimate of drug-likeness (QED) is 0.627. The van der Waals surface area contributed by atoms with Crippen molar-refractivity contribution in [3.8, 4) is 11.1 Å². The fraction of sp³-hybridized carbons (Fsp3) is 0.455. The van der Waals surface area contributed by atoms with Crippen molar-refractivity contribution in [3.63, 3.8) is 0 Å². The fourth-order valence-corrected chi connectivity index (χ4v) is 3.01. The second-order valence-corrected chi connectivity index (χ2v) is 5.44. The van der Waals surface area contributed by atoms with Crippen molar-refractivity contribution >= 4 is 0 Å². The summed E-state index contributed by atoms with van der Waals surface area (Å²) in [6.07, 6.45) is 3.37. The standard InChI is InChI=1S/C18H22.C4H10O/c1-4-14-12-13-18(15-10-8-7-9-11-15)17(6-3)16(14)5-2;1-3-5-4-2/h7-13H,4-6H2,1-3H3;3-4H2,1-2H3. The number of hydrogen-bond acceptors (Lipinski definition) is 1. The summed E-state index contributed by atoms with van der Waals surface area (Å²) < 4.78 is 4.83. The van der Waals surface area contributed by atoms with E-state index in [1.807, 2.05) is 13.8 Å². The third kappa shape index (κ3) is 5.51. The van der Waals surface area contributed by atoms with Crippen molar-refractivity contribution in [2.24, 2.45) is 0 Å². The van der Waals surface area contributed by atoms with E-state index in [0.29, 0.717) is 0 Å². The predicted octanol–water partition coefficient (Wildman–Crippen LogP) is 6.08. The molecule has 0 N–H and O–H groups in total. The van der Waals surface area contributed by atoms with Crippen LogP contribution in [-0.2, 0) is 24.0 Å². The third-order valence-corrected chi connectivity index (χ3v) is 4.11. The zero-order valence-corrected chi connectivity index (χ0v) is 15.5. The van der Waals surface area contributed by atoms with Gasteiger partial charge in [0.2, 0.25) is 0 Å². The van der Waals surface area contributed by atoms with Crippen LogP contribution in [0.2, 0.25) is 0 Å². The van der Waals surface area contributed by atoms with Gasteiger partial charge in [-0.05, 0) is 60.9 Å². The SMILES string of the molecule is CCOCC.CCc1ccc(-c2ccccc2)c(CC)c1CC. The molecular weight excluding hydrogens is 280 g/mol. The van der Waals surface area contributed by atoms with Gasteiger partial charge in [0.1, 0.15) is 0 Å². The Morgan fingerprint density at radius 3 is 1.70 bits per heavy atom. The van der Waals surface area contributed by atoms with Crippen LogP contribution in [0.25, 0.3) is 11.1 Å². The van der Waals surface area contributed by atoms with Gasteiger partial charge in [-0.15, -0.1) is 0 Å². The molecule has 0 atom stereocenters. The molecule has 0 bridgehead atoms. The number of ether oxygens (including phenoxy) is 1. The molecule has 2 aromatic rings. The first-order valence-electron chi connectivity index (χ1n) is 8.99. The molecule has 0 fully saturated rings. The molecule has 0 heterocycles. The van der Waals surface area contributed by atoms with Crippen molar-refractivity contribution < 1.29 is 4.74 Å². The molecular formula is C22H32O. The van der Waals surface area contributed by atoms with E-state index in [1.54, 1.807) is 5.56 Å². The molecule has 0 aliphatic carbocycles. The molecule has 2 aromatic carbocycles. The topological polar surface area (TPSA) is 9.23 Å². The fourth-order valence-electron chi connectivity index (χ4n) is 3.01. The number of rotatable bonds is 6. The molecule has 126 valence electrons. The number of hydrogen-bond donors (Lipinski definition) is 0. The molecule has 0 saturated carbocycles. The van der Waals surface area contributed by atoms with E-state index in [0.717, 1.165) is 32.5 Å². The van der Waals surface area contributed by atoms with Crippen molar-refractivity contribution in [1.29, 1.82) is 0 Å². The maximum Gasteiger partial charge on any atom is 0.0437 e. The highest BCUT2D eigenvalue weighted by atomic mass is 16.5. The Labute approximate surface area is 142 Å². The van der Waals surface area contributed by atoms with Crippen LogP contribution in [0.15, 0.2) is 42.5 Å². The van der Waals surface area contributed by atoms with E-state index in [1.165, 1.54) is 22.3 Å². The molecule has 0 aromatic heterocycles. The van der Waals surface area contributed by atoms with Crippen LogP contribution in [0.4, 0.5) is 0 Å². The average Bonchev–Trinajstić information content (AvgIpc) is 2.62. The van der Waals surface area contributed by atoms with Crippen LogP contribution in [0, 0.1) is 0 Å². The minimum atomic E-state index is 0.844. The lowest BCUT2D eigenvalue weighted by Gasteiger charge is -2.16. The third-order valence-electron chi connectivity index (χ3n) is 4.11. The predicted molar refractivity (Wildman–Crippen MR) is 102 cm³/mol. The Kier molecular flexibility index (Phi) is 9.31. The lowest BCUT2D eigenvalue weighted by molar-refractivity contribution is 0.162. The zero-order valence-electron chi connectivity index (χ0n) is 15.5. The van der Waals surface area contributed by atoms with Gasteiger partial charge in [-0.3, -0.25) is 0 Å². The maximum atomic E-state index is 4.83. The van der Waals surface area contributed by atoms with E-state index in [-0.39, 0.29) is 0 Å². The molecule has 23 heavy (non-hydrogen) atoms. The van der Waals surface area contributed by atoms with Crippen molar-refractivity contribution in [2.75, 3.05) is 13.2 Å². The highest BCUT2D eigenvalue weighted by molar-refractivity contribution is 5.69. The van der Waals surface area contributed by atoms with Crippen LogP contribution >= 0.6 is 0 Å². The van der Waals surface area contributed by atoms with Gasteiger partial charge in [-0.2, -0.15) is 0 Å². The second-order valence-electron chi connectivity index (χ2n) is 5.44. The van der Waals surface area contributed by atoms with Crippen molar-refractivity contribution in [1.82, 2.24) is 0 Å². The highest BCUT2D eigenvalue weighted by Crippen LogP contribution is 2.29. The molecule has 0 aliphatic rings. The zero-order chi connectivity index (χ0) is 17.1. The molecule has 0 spiro atoms. The summed E-state index contributed by atoms with van der Waals surface area (Å²) in [6.45, 7) is 12.4. The minimum Gasteiger partial charge on any atom is -0.382 e. The first kappa shape index (κ1) is 19.4. The first-order valence-corrected chi connectivity index (χ1v) is 8.99. The first-order chi connectivity index (χ1) is 11.2. The molecule has 0 amide bonds. The Hall–Kier alpha value is -1.60. The summed E-state index contributed by atoms with van der Waals surface area (Å²) in [7, 11) is 0. The Bertz CT molecular complexity index is 556. The Balaban J connectivity index is 0.000000463. The van der Waals surface area contributed by atoms with Gasteiger partial charge in [-0.1, -0.05) is 63.2 Å². The van der Waals surface area contributed by atoms with Gasteiger partial charge < -0.3 is 4.74 Å². The van der Waals surface area contributed by atoms with Crippen LogP contribution in [-0.4, -0.2) is 13.2 Å². The van der Waals surface area contributed by atoms with Gasteiger partial charge in [0.15, 0.2) is 0 Å². The summed E-state index contributed by atoms with van der Waals surface area (Å²) in [5, 5.41) is 0. The number of aryl methyl sites for hydroxylation is 1. The second kappa shape index (κ2) is 11.0. The number of benzene rings is 2. The van der Waals surface area contributed by atoms with Gasteiger partial charge in [-0.25, -0.2) is 0 Å². The molecule has 1 nitrogen and oxygen atoms in total. The van der Waals surface area contributed by atoms with Gasteiger partial charge in [0.25, 0.3) is 0 Å². The van der Waals surface area contributed by atoms with E-state index in [4.69, 9.17) is 4.74 Å². The summed E-state index contributed by atoms with van der Waals surface area (Å²) in [6, 6.07) is 15.3. The van der Waals surface area contributed by atoms with E-state index >= 15 is 0 Å². The van der Waals surface area contributed by atoms with Crippen LogP contribution in [0.1, 0.15) is 51.3 Å². The van der Waals surface area contributed by atoms with Crippen molar-refractivity contribution in [3.05, 3.63) is 59.2 Å². The lowest BCUT2D eigenvalue weighted by Crippen LogP contribution is -2.00. The lowest BCUT2D eigenvalue weighted by atomic mass is 9.88. The van der Waals surface area contributed by atoms with E-state index in [2.05, 4.69) is 63.2 Å². The summed E-state index contributed by atoms with van der Waals surface area (Å²) in [5.74, 6) is 0. The monoisotopic (exact) mass is 312 g/mol. The Morgan fingerprint density at radius 2 is 1.26 bits per heavy atom. The summed E-state index contributed by atoms with van der Waals surface area (Å²) in [4.78, 5) is 0. The molecule has 0 saturated heterocycles. The minimum absolute atomic E-state index is 0.844. The maximum absolute atomic E-state index is 4.83. The van der Waals surface area contributed by atoms with Crippen LogP contribution in [0.3, 0.4) is 0 Å². The van der Waals surface area contributed by atoms with Crippen molar-refractivity contribution in [2.45, 2.75) is 53.9 Å². The average molecular weight is 312 g/mol. The smallest absolute Gasteiger partial charge is 0.0437 e. The molecule has 0 radical (unpaired) electrons. The highest BCUT2D eigenvalue weighted by Gasteiger charge is 2.10. The van der Waals surface area contributed by atoms with Gasteiger partial charge in [0.05, 0.1) is 0 Å². The summed E-state index contributed by atoms with van der Waals surface area (Å²) >= 11 is 0. The molecule has 1 heteroatoms. The summed E-state index contributed by atoms with van der Waals surface area (Å²) in [5.41, 5.74) is 7.34. The molecule has 0 unspecified atom stereocenters. The van der Waals surface area contributed by atoms with E-state index in [9.17, 15) is 0 Å². The molecule has 0 aliphatic heterocycles. The molecule has 2 rings (SSSR count). The normalized spacial score (nSPS) is 10.1. The van der Waals surface area contributed by atoms with Crippen LogP contribution < -0.4 is 0 Å². The van der Waals surface area contributed by atoms with Gasteiger partial charge >= 0.3 is 0 Å².